The first-order valence-electron chi connectivity index (χ1n) is 12.9. The third-order valence-electron chi connectivity index (χ3n) is 7.39. The number of anilines is 2. The average molecular weight is 474 g/mol. The summed E-state index contributed by atoms with van der Waals surface area (Å²) in [5.41, 5.74) is 4.28. The van der Waals surface area contributed by atoms with Crippen LogP contribution in [0.5, 0.6) is 0 Å². The van der Waals surface area contributed by atoms with Gasteiger partial charge in [-0.3, -0.25) is 4.79 Å². The number of Topliss-reactive ketones (excluding diaryl/α,β-unsaturated/α-hetero) is 1. The lowest BCUT2D eigenvalue weighted by Gasteiger charge is -2.18. The summed E-state index contributed by atoms with van der Waals surface area (Å²) in [5, 5.41) is 0. The third kappa shape index (κ3) is 5.44. The zero-order chi connectivity index (χ0) is 25.0. The Kier molecular flexibility index (Phi) is 7.63. The monoisotopic (exact) mass is 473 g/mol. The number of rotatable bonds is 7. The molecule has 2 heterocycles. The Morgan fingerprint density at radius 2 is 1.83 bits per heavy atom. The second kappa shape index (κ2) is 10.7. The molecule has 1 aliphatic carbocycles. The van der Waals surface area contributed by atoms with Crippen molar-refractivity contribution in [3.63, 3.8) is 0 Å². The molecular weight excluding hydrogens is 437 g/mol. The SMILES string of the molecule is CC(=O)c1ccc2c(c1)N(c1ncc(-c3ccccc3F)cn1)CC21CC1.CCCC[C@@H](C)CC. The van der Waals surface area contributed by atoms with Crippen molar-refractivity contribution >= 4 is 17.4 Å². The number of carbonyl (C=O) groups is 1. The first-order valence-corrected chi connectivity index (χ1v) is 12.9. The second-order valence-electron chi connectivity index (χ2n) is 10.1. The molecule has 0 amide bonds. The first-order chi connectivity index (χ1) is 16.9. The van der Waals surface area contributed by atoms with E-state index in [1.807, 2.05) is 12.1 Å². The second-order valence-corrected chi connectivity index (χ2v) is 10.1. The number of hydrogen-bond acceptors (Lipinski definition) is 4. The molecule has 0 radical (unpaired) electrons. The van der Waals surface area contributed by atoms with Crippen molar-refractivity contribution in [2.75, 3.05) is 11.4 Å². The molecule has 1 saturated carbocycles. The van der Waals surface area contributed by atoms with Crippen LogP contribution in [0.15, 0.2) is 54.9 Å². The van der Waals surface area contributed by atoms with E-state index in [0.717, 1.165) is 31.0 Å². The van der Waals surface area contributed by atoms with Gasteiger partial charge < -0.3 is 4.90 Å². The van der Waals surface area contributed by atoms with Crippen LogP contribution in [0.1, 0.15) is 82.1 Å². The van der Waals surface area contributed by atoms with Gasteiger partial charge in [0.1, 0.15) is 5.82 Å². The maximum Gasteiger partial charge on any atom is 0.229 e. The molecule has 1 aromatic heterocycles. The van der Waals surface area contributed by atoms with E-state index in [0.29, 0.717) is 22.6 Å². The Balaban J connectivity index is 0.000000314. The van der Waals surface area contributed by atoms with E-state index in [4.69, 9.17) is 0 Å². The van der Waals surface area contributed by atoms with E-state index in [2.05, 4.69) is 41.7 Å². The van der Waals surface area contributed by atoms with Crippen LogP contribution in [0.4, 0.5) is 16.0 Å². The molecular formula is C30H36FN3O. The Morgan fingerprint density at radius 3 is 2.43 bits per heavy atom. The van der Waals surface area contributed by atoms with E-state index in [9.17, 15) is 9.18 Å². The molecule has 2 aliphatic rings. The van der Waals surface area contributed by atoms with Crippen LogP contribution >= 0.6 is 0 Å². The first kappa shape index (κ1) is 25.0. The minimum absolute atomic E-state index is 0.0466. The van der Waals surface area contributed by atoms with E-state index >= 15 is 0 Å². The van der Waals surface area contributed by atoms with Crippen molar-refractivity contribution in [1.82, 2.24) is 9.97 Å². The average Bonchev–Trinajstić information content (AvgIpc) is 3.59. The number of hydrogen-bond donors (Lipinski definition) is 0. The highest BCUT2D eigenvalue weighted by atomic mass is 19.1. The Morgan fingerprint density at radius 1 is 1.11 bits per heavy atom. The molecule has 35 heavy (non-hydrogen) atoms. The molecule has 1 spiro atoms. The highest BCUT2D eigenvalue weighted by Gasteiger charge is 2.52. The third-order valence-corrected chi connectivity index (χ3v) is 7.39. The molecule has 0 bridgehead atoms. The molecule has 1 atom stereocenters. The lowest BCUT2D eigenvalue weighted by atomic mass is 9.97. The summed E-state index contributed by atoms with van der Waals surface area (Å²) in [7, 11) is 0. The molecule has 1 fully saturated rings. The summed E-state index contributed by atoms with van der Waals surface area (Å²) >= 11 is 0. The number of fused-ring (bicyclic) bond motifs is 2. The van der Waals surface area contributed by atoms with Gasteiger partial charge >= 0.3 is 0 Å². The van der Waals surface area contributed by atoms with Crippen molar-refractivity contribution in [2.24, 2.45) is 5.92 Å². The molecule has 5 rings (SSSR count). The molecule has 4 nitrogen and oxygen atoms in total. The van der Waals surface area contributed by atoms with Crippen molar-refractivity contribution in [2.45, 2.75) is 71.6 Å². The zero-order valence-corrected chi connectivity index (χ0v) is 21.4. The number of unbranched alkanes of at least 4 members (excludes halogenated alkanes) is 1. The lowest BCUT2D eigenvalue weighted by molar-refractivity contribution is 0.101. The summed E-state index contributed by atoms with van der Waals surface area (Å²) in [6.45, 7) is 9.24. The topological polar surface area (TPSA) is 46.1 Å². The van der Waals surface area contributed by atoms with Crippen molar-refractivity contribution in [3.05, 3.63) is 71.8 Å². The van der Waals surface area contributed by atoms with Gasteiger partial charge in [0.25, 0.3) is 0 Å². The zero-order valence-electron chi connectivity index (χ0n) is 21.4. The van der Waals surface area contributed by atoms with Crippen LogP contribution in [0.3, 0.4) is 0 Å². The number of nitrogens with zero attached hydrogens (tertiary/aromatic N) is 3. The smallest absolute Gasteiger partial charge is 0.229 e. The standard InChI is InChI=1S/C22H18FN3O.C8H18/c1-14(27)15-6-7-18-20(10-15)26(13-22(18)8-9-22)21-24-11-16(12-25-21)17-4-2-3-5-19(17)23;1-4-6-7-8(3)5-2/h2-7,10-12H,8-9,13H2,1H3;8H,4-7H2,1-3H3/t;8-/m.0/s1. The molecule has 3 aromatic rings. The molecule has 1 aliphatic heterocycles. The Labute approximate surface area is 208 Å². The van der Waals surface area contributed by atoms with Crippen LogP contribution in [0.25, 0.3) is 11.1 Å². The predicted molar refractivity (Wildman–Crippen MR) is 141 cm³/mol. The van der Waals surface area contributed by atoms with Crippen LogP contribution in [-0.2, 0) is 5.41 Å². The van der Waals surface area contributed by atoms with Gasteiger partial charge in [-0.25, -0.2) is 14.4 Å². The van der Waals surface area contributed by atoms with Gasteiger partial charge in [-0.1, -0.05) is 76.8 Å². The van der Waals surface area contributed by atoms with E-state index in [1.165, 1.54) is 37.3 Å². The number of carbonyl (C=O) groups excluding carboxylic acids is 1. The summed E-state index contributed by atoms with van der Waals surface area (Å²) in [4.78, 5) is 22.9. The van der Waals surface area contributed by atoms with Crippen molar-refractivity contribution < 1.29 is 9.18 Å². The summed E-state index contributed by atoms with van der Waals surface area (Å²) < 4.78 is 14.0. The minimum Gasteiger partial charge on any atom is -0.309 e. The van der Waals surface area contributed by atoms with E-state index in [1.54, 1.807) is 37.5 Å². The summed E-state index contributed by atoms with van der Waals surface area (Å²) in [6, 6.07) is 12.5. The predicted octanol–water partition coefficient (Wildman–Crippen LogP) is 7.89. The molecule has 0 unspecified atom stereocenters. The van der Waals surface area contributed by atoms with Gasteiger partial charge in [0, 0.05) is 46.7 Å². The number of benzene rings is 2. The lowest BCUT2D eigenvalue weighted by Crippen LogP contribution is -2.21. The quantitative estimate of drug-likeness (QED) is 0.327. The van der Waals surface area contributed by atoms with Gasteiger partial charge in [-0.15, -0.1) is 0 Å². The maximum atomic E-state index is 14.0. The fourth-order valence-electron chi connectivity index (χ4n) is 4.70. The van der Waals surface area contributed by atoms with E-state index < -0.39 is 0 Å². The number of ketones is 1. The number of halogens is 1. The maximum absolute atomic E-state index is 14.0. The number of aromatic nitrogens is 2. The van der Waals surface area contributed by atoms with Crippen LogP contribution < -0.4 is 4.90 Å². The summed E-state index contributed by atoms with van der Waals surface area (Å²) in [5.74, 6) is 1.30. The van der Waals surface area contributed by atoms with Gasteiger partial charge in [0.05, 0.1) is 0 Å². The van der Waals surface area contributed by atoms with Crippen molar-refractivity contribution in [1.29, 1.82) is 0 Å². The minimum atomic E-state index is -0.289. The van der Waals surface area contributed by atoms with Crippen LogP contribution in [-0.4, -0.2) is 22.3 Å². The highest BCUT2D eigenvalue weighted by molar-refractivity contribution is 5.96. The van der Waals surface area contributed by atoms with Gasteiger partial charge in [-0.05, 0) is 43.4 Å². The van der Waals surface area contributed by atoms with E-state index in [-0.39, 0.29) is 17.0 Å². The van der Waals surface area contributed by atoms with Gasteiger partial charge in [0.2, 0.25) is 5.95 Å². The molecule has 5 heteroatoms. The highest BCUT2D eigenvalue weighted by Crippen LogP contribution is 2.57. The molecule has 2 aromatic carbocycles. The Bertz CT molecular complexity index is 1170. The van der Waals surface area contributed by atoms with Crippen molar-refractivity contribution in [3.8, 4) is 11.1 Å². The van der Waals surface area contributed by atoms with Crippen LogP contribution in [0.2, 0.25) is 0 Å². The van der Waals surface area contributed by atoms with Gasteiger partial charge in [-0.2, -0.15) is 0 Å². The fourth-order valence-corrected chi connectivity index (χ4v) is 4.70. The summed E-state index contributed by atoms with van der Waals surface area (Å²) in [6.07, 6.45) is 11.1. The normalized spacial score (nSPS) is 15.9. The van der Waals surface area contributed by atoms with Crippen LogP contribution in [0, 0.1) is 11.7 Å². The molecule has 0 saturated heterocycles. The van der Waals surface area contributed by atoms with Gasteiger partial charge in [0.15, 0.2) is 5.78 Å². The Hall–Kier alpha value is -3.08. The molecule has 184 valence electrons. The largest absolute Gasteiger partial charge is 0.309 e. The fraction of sp³-hybridized carbons (Fsp3) is 0.433. The molecule has 0 N–H and O–H groups in total.